The van der Waals surface area contributed by atoms with Gasteiger partial charge >= 0.3 is 0 Å². The van der Waals surface area contributed by atoms with Gasteiger partial charge in [-0.05, 0) is 11.5 Å². The van der Waals surface area contributed by atoms with Crippen molar-refractivity contribution >= 4 is 0 Å². The zero-order valence-corrected chi connectivity index (χ0v) is 12.5. The largest absolute Gasteiger partial charge is 0.203 e. The molecular formula is C17H18F4. The number of rotatable bonds is 2. The third-order valence-electron chi connectivity index (χ3n) is 2.94. The summed E-state index contributed by atoms with van der Waals surface area (Å²) in [6.45, 7) is 6.95. The Bertz CT molecular complexity index is 575. The van der Waals surface area contributed by atoms with Crippen LogP contribution in [0.2, 0.25) is 0 Å². The smallest absolute Gasteiger partial charge is 0.170 e. The fraction of sp³-hybridized carbons (Fsp3) is 0.294. The predicted molar refractivity (Wildman–Crippen MR) is 77.1 cm³/mol. The molecule has 0 aliphatic heterocycles. The quantitative estimate of drug-likeness (QED) is 0.467. The van der Waals surface area contributed by atoms with Crippen molar-refractivity contribution in [2.45, 2.75) is 33.6 Å². The van der Waals surface area contributed by atoms with E-state index in [9.17, 15) is 17.6 Å². The summed E-state index contributed by atoms with van der Waals surface area (Å²) in [4.78, 5) is 0. The van der Waals surface area contributed by atoms with Crippen LogP contribution in [-0.4, -0.2) is 0 Å². The summed E-state index contributed by atoms with van der Waals surface area (Å²) in [5.74, 6) is -6.00. The lowest BCUT2D eigenvalue weighted by Crippen LogP contribution is -2.07. The fourth-order valence-corrected chi connectivity index (χ4v) is 2.01. The van der Waals surface area contributed by atoms with Crippen molar-refractivity contribution in [3.8, 4) is 11.1 Å². The maximum Gasteiger partial charge on any atom is 0.170 e. The monoisotopic (exact) mass is 298 g/mol. The van der Waals surface area contributed by atoms with E-state index in [2.05, 4.69) is 0 Å². The molecule has 114 valence electrons. The van der Waals surface area contributed by atoms with E-state index in [1.54, 1.807) is 18.2 Å². The van der Waals surface area contributed by atoms with E-state index < -0.39 is 40.3 Å². The second-order valence-corrected chi connectivity index (χ2v) is 4.57. The average molecular weight is 298 g/mol. The summed E-state index contributed by atoms with van der Waals surface area (Å²) >= 11 is 0. The first kappa shape index (κ1) is 17.2. The predicted octanol–water partition coefficient (Wildman–Crippen LogP) is 6.06. The summed E-state index contributed by atoms with van der Waals surface area (Å²) in [5, 5.41) is 0. The Morgan fingerprint density at radius 2 is 1.14 bits per heavy atom. The molecule has 0 fully saturated rings. The van der Waals surface area contributed by atoms with Crippen LogP contribution >= 0.6 is 0 Å². The Morgan fingerprint density at radius 1 is 0.714 bits per heavy atom. The van der Waals surface area contributed by atoms with Gasteiger partial charge in [0.05, 0.1) is 5.56 Å². The summed E-state index contributed by atoms with van der Waals surface area (Å²) in [6, 6.07) is 7.53. The minimum Gasteiger partial charge on any atom is -0.203 e. The van der Waals surface area contributed by atoms with Crippen LogP contribution in [-0.2, 0) is 0 Å². The lowest BCUT2D eigenvalue weighted by molar-refractivity contribution is 0.436. The minimum atomic E-state index is -1.35. The molecule has 0 aliphatic carbocycles. The highest BCUT2D eigenvalue weighted by Gasteiger charge is 2.27. The molecule has 0 nitrogen and oxygen atoms in total. The SMILES string of the molecule is CC.CC(C)c1c(F)c(F)c(-c2ccccc2)c(F)c1F. The van der Waals surface area contributed by atoms with Gasteiger partial charge in [0.25, 0.3) is 0 Å². The Labute approximate surface area is 122 Å². The van der Waals surface area contributed by atoms with Crippen molar-refractivity contribution in [1.82, 2.24) is 0 Å². The fourth-order valence-electron chi connectivity index (χ4n) is 2.01. The average Bonchev–Trinajstić information content (AvgIpc) is 2.48. The van der Waals surface area contributed by atoms with E-state index in [0.717, 1.165) is 0 Å². The van der Waals surface area contributed by atoms with Gasteiger partial charge in [-0.1, -0.05) is 58.0 Å². The third kappa shape index (κ3) is 3.26. The summed E-state index contributed by atoms with van der Waals surface area (Å²) in [5.41, 5.74) is -1.12. The second kappa shape index (κ2) is 7.25. The van der Waals surface area contributed by atoms with Crippen molar-refractivity contribution in [2.24, 2.45) is 0 Å². The van der Waals surface area contributed by atoms with Crippen LogP contribution in [0.4, 0.5) is 17.6 Å². The topological polar surface area (TPSA) is 0 Å². The molecule has 0 N–H and O–H groups in total. The van der Waals surface area contributed by atoms with Gasteiger partial charge in [-0.2, -0.15) is 0 Å². The summed E-state index contributed by atoms with van der Waals surface area (Å²) in [6.07, 6.45) is 0. The van der Waals surface area contributed by atoms with Gasteiger partial charge in [0.15, 0.2) is 23.3 Å². The summed E-state index contributed by atoms with van der Waals surface area (Å²) < 4.78 is 55.7. The van der Waals surface area contributed by atoms with Crippen molar-refractivity contribution in [2.75, 3.05) is 0 Å². The Morgan fingerprint density at radius 3 is 1.52 bits per heavy atom. The lowest BCUT2D eigenvalue weighted by atomic mass is 9.96. The molecule has 0 amide bonds. The van der Waals surface area contributed by atoms with Crippen LogP contribution in [0.3, 0.4) is 0 Å². The maximum absolute atomic E-state index is 14.0. The van der Waals surface area contributed by atoms with Crippen molar-refractivity contribution in [3.63, 3.8) is 0 Å². The van der Waals surface area contributed by atoms with Crippen molar-refractivity contribution < 1.29 is 17.6 Å². The molecule has 0 bridgehead atoms. The second-order valence-electron chi connectivity index (χ2n) is 4.57. The highest BCUT2D eigenvalue weighted by atomic mass is 19.2. The van der Waals surface area contributed by atoms with Crippen molar-refractivity contribution in [1.29, 1.82) is 0 Å². The van der Waals surface area contributed by atoms with Gasteiger partial charge in [-0.15, -0.1) is 0 Å². The van der Waals surface area contributed by atoms with Gasteiger partial charge < -0.3 is 0 Å². The van der Waals surface area contributed by atoms with E-state index in [1.165, 1.54) is 26.0 Å². The van der Waals surface area contributed by atoms with Gasteiger partial charge in [-0.3, -0.25) is 0 Å². The van der Waals surface area contributed by atoms with Crippen LogP contribution in [0.1, 0.15) is 39.2 Å². The number of hydrogen-bond acceptors (Lipinski definition) is 0. The molecule has 0 aliphatic rings. The molecule has 0 spiro atoms. The van der Waals surface area contributed by atoms with E-state index in [0.29, 0.717) is 0 Å². The molecule has 0 heterocycles. The first-order chi connectivity index (χ1) is 9.95. The molecular weight excluding hydrogens is 280 g/mol. The Balaban J connectivity index is 0.00000106. The highest BCUT2D eigenvalue weighted by molar-refractivity contribution is 5.65. The molecule has 0 unspecified atom stereocenters. The molecule has 0 saturated carbocycles. The van der Waals surface area contributed by atoms with Crippen LogP contribution in [0.25, 0.3) is 11.1 Å². The van der Waals surface area contributed by atoms with Crippen molar-refractivity contribution in [3.05, 3.63) is 59.2 Å². The standard InChI is InChI=1S/C15H12F4.C2H6/c1-8(2)10-12(16)14(18)11(15(19)13(10)17)9-6-4-3-5-7-9;1-2/h3-8H,1-2H3;1-2H3. The Kier molecular flexibility index (Phi) is 5.94. The molecule has 2 rings (SSSR count). The Hall–Kier alpha value is -1.84. The van der Waals surface area contributed by atoms with Crippen LogP contribution in [0.15, 0.2) is 30.3 Å². The summed E-state index contributed by atoms with van der Waals surface area (Å²) in [7, 11) is 0. The molecule has 2 aromatic rings. The number of halogens is 4. The number of hydrogen-bond donors (Lipinski definition) is 0. The van der Waals surface area contributed by atoms with Gasteiger partial charge in [-0.25, -0.2) is 17.6 Å². The van der Waals surface area contributed by atoms with Gasteiger partial charge in [0, 0.05) is 5.56 Å². The molecule has 2 aromatic carbocycles. The molecule has 4 heteroatoms. The zero-order valence-electron chi connectivity index (χ0n) is 12.5. The molecule has 0 atom stereocenters. The van der Waals surface area contributed by atoms with E-state index >= 15 is 0 Å². The van der Waals surface area contributed by atoms with Gasteiger partial charge in [0.2, 0.25) is 0 Å². The molecule has 0 aromatic heterocycles. The molecule has 0 saturated heterocycles. The van der Waals surface area contributed by atoms with Crippen LogP contribution < -0.4 is 0 Å². The first-order valence-corrected chi connectivity index (χ1v) is 6.86. The third-order valence-corrected chi connectivity index (χ3v) is 2.94. The highest BCUT2D eigenvalue weighted by Crippen LogP contribution is 2.34. The molecule has 0 radical (unpaired) electrons. The zero-order chi connectivity index (χ0) is 16.2. The maximum atomic E-state index is 14.0. The van der Waals surface area contributed by atoms with E-state index in [4.69, 9.17) is 0 Å². The normalized spacial score (nSPS) is 10.3. The van der Waals surface area contributed by atoms with Crippen LogP contribution in [0, 0.1) is 23.3 Å². The minimum absolute atomic E-state index is 0.102. The first-order valence-electron chi connectivity index (χ1n) is 6.86. The lowest BCUT2D eigenvalue weighted by Gasteiger charge is -2.14. The van der Waals surface area contributed by atoms with E-state index in [-0.39, 0.29) is 5.56 Å². The molecule has 21 heavy (non-hydrogen) atoms. The van der Waals surface area contributed by atoms with Crippen LogP contribution in [0.5, 0.6) is 0 Å². The number of benzene rings is 2. The van der Waals surface area contributed by atoms with Gasteiger partial charge in [0.1, 0.15) is 0 Å². The van der Waals surface area contributed by atoms with E-state index in [1.807, 2.05) is 13.8 Å².